The molecule has 0 rings (SSSR count). The van der Waals surface area contributed by atoms with E-state index in [4.69, 9.17) is 0 Å². The third-order valence-corrected chi connectivity index (χ3v) is 2.88. The van der Waals surface area contributed by atoms with Crippen LogP contribution in [0.4, 0.5) is 0 Å². The number of nitrogens with zero attached hydrogens (tertiary/aromatic N) is 1. The fraction of sp³-hybridized carbons (Fsp3) is 0.917. The SMILES string of the molecule is CCC(C(=O)NC)C(O)N(C(C)C)C(C)C. The maximum Gasteiger partial charge on any atom is 0.226 e. The van der Waals surface area contributed by atoms with Crippen molar-refractivity contribution in [1.29, 1.82) is 0 Å². The molecule has 0 aliphatic carbocycles. The number of aliphatic hydroxyl groups excluding tert-OH is 1. The van der Waals surface area contributed by atoms with Gasteiger partial charge in [-0.2, -0.15) is 0 Å². The number of aliphatic hydroxyl groups is 1. The molecule has 4 heteroatoms. The van der Waals surface area contributed by atoms with E-state index in [0.29, 0.717) is 6.42 Å². The second-order valence-corrected chi connectivity index (χ2v) is 4.68. The molecule has 0 aliphatic rings. The summed E-state index contributed by atoms with van der Waals surface area (Å²) in [6.45, 7) is 10.0. The van der Waals surface area contributed by atoms with E-state index >= 15 is 0 Å². The van der Waals surface area contributed by atoms with Crippen LogP contribution in [0, 0.1) is 5.92 Å². The first-order valence-corrected chi connectivity index (χ1v) is 6.03. The molecule has 4 nitrogen and oxygen atoms in total. The zero-order chi connectivity index (χ0) is 12.9. The summed E-state index contributed by atoms with van der Waals surface area (Å²) in [5.41, 5.74) is 0. The van der Waals surface area contributed by atoms with Gasteiger partial charge < -0.3 is 10.4 Å². The molecule has 16 heavy (non-hydrogen) atoms. The van der Waals surface area contributed by atoms with Gasteiger partial charge >= 0.3 is 0 Å². The van der Waals surface area contributed by atoms with Gasteiger partial charge in [0.15, 0.2) is 0 Å². The number of rotatable bonds is 6. The van der Waals surface area contributed by atoms with Gasteiger partial charge in [-0.3, -0.25) is 9.69 Å². The van der Waals surface area contributed by atoms with Crippen LogP contribution in [0.3, 0.4) is 0 Å². The standard InChI is InChI=1S/C12H26N2O2/c1-7-10(11(15)13-6)12(16)14(8(2)3)9(4)5/h8-10,12,16H,7H2,1-6H3,(H,13,15). The first kappa shape index (κ1) is 15.4. The molecule has 0 aromatic carbocycles. The molecule has 0 spiro atoms. The van der Waals surface area contributed by atoms with E-state index in [1.807, 2.05) is 39.5 Å². The lowest BCUT2D eigenvalue weighted by molar-refractivity contribution is -0.138. The maximum atomic E-state index is 11.6. The summed E-state index contributed by atoms with van der Waals surface area (Å²) in [7, 11) is 1.60. The van der Waals surface area contributed by atoms with E-state index < -0.39 is 6.23 Å². The van der Waals surface area contributed by atoms with Gasteiger partial charge in [0.1, 0.15) is 6.23 Å². The van der Waals surface area contributed by atoms with E-state index in [9.17, 15) is 9.90 Å². The number of nitrogens with one attached hydrogen (secondary N) is 1. The lowest BCUT2D eigenvalue weighted by Gasteiger charge is -2.38. The largest absolute Gasteiger partial charge is 0.378 e. The van der Waals surface area contributed by atoms with Crippen LogP contribution in [0.5, 0.6) is 0 Å². The molecule has 0 fully saturated rings. The second-order valence-electron chi connectivity index (χ2n) is 4.68. The minimum absolute atomic E-state index is 0.0960. The number of hydrogen-bond acceptors (Lipinski definition) is 3. The van der Waals surface area contributed by atoms with Crippen LogP contribution >= 0.6 is 0 Å². The average Bonchev–Trinajstić information content (AvgIpc) is 2.17. The molecule has 1 amide bonds. The van der Waals surface area contributed by atoms with Crippen molar-refractivity contribution < 1.29 is 9.90 Å². The lowest BCUT2D eigenvalue weighted by Crippen LogP contribution is -2.51. The van der Waals surface area contributed by atoms with Gasteiger partial charge in [0.25, 0.3) is 0 Å². The summed E-state index contributed by atoms with van der Waals surface area (Å²) in [6, 6.07) is 0.433. The Bertz CT molecular complexity index is 209. The molecule has 0 saturated carbocycles. The maximum absolute atomic E-state index is 11.6. The highest BCUT2D eigenvalue weighted by atomic mass is 16.3. The van der Waals surface area contributed by atoms with Gasteiger partial charge in [-0.15, -0.1) is 0 Å². The molecular formula is C12H26N2O2. The van der Waals surface area contributed by atoms with Crippen LogP contribution < -0.4 is 5.32 Å². The van der Waals surface area contributed by atoms with Crippen LogP contribution in [0.25, 0.3) is 0 Å². The van der Waals surface area contributed by atoms with E-state index in [-0.39, 0.29) is 23.9 Å². The predicted octanol–water partition coefficient (Wildman–Crippen LogP) is 1.20. The molecule has 2 unspecified atom stereocenters. The summed E-state index contributed by atoms with van der Waals surface area (Å²) in [5.74, 6) is -0.462. The fourth-order valence-electron chi connectivity index (χ4n) is 2.13. The van der Waals surface area contributed by atoms with Crippen LogP contribution in [0.2, 0.25) is 0 Å². The molecule has 2 N–H and O–H groups in total. The Morgan fingerprint density at radius 3 is 1.94 bits per heavy atom. The van der Waals surface area contributed by atoms with Crippen molar-refractivity contribution >= 4 is 5.91 Å². The Balaban J connectivity index is 4.81. The number of carbonyl (C=O) groups excluding carboxylic acids is 1. The number of amides is 1. The summed E-state index contributed by atoms with van der Waals surface area (Å²) in [4.78, 5) is 13.6. The van der Waals surface area contributed by atoms with Gasteiger partial charge in [0.2, 0.25) is 5.91 Å². The van der Waals surface area contributed by atoms with E-state index in [0.717, 1.165) is 0 Å². The molecule has 0 radical (unpaired) electrons. The normalized spacial score (nSPS) is 15.6. The monoisotopic (exact) mass is 230 g/mol. The number of hydrogen-bond donors (Lipinski definition) is 2. The lowest BCUT2D eigenvalue weighted by atomic mass is 10.0. The van der Waals surface area contributed by atoms with Crippen molar-refractivity contribution in [3.63, 3.8) is 0 Å². The van der Waals surface area contributed by atoms with Gasteiger partial charge in [0.05, 0.1) is 5.92 Å². The van der Waals surface area contributed by atoms with E-state index in [1.54, 1.807) is 7.05 Å². The summed E-state index contributed by atoms with van der Waals surface area (Å²) in [6.07, 6.45) is -0.0819. The van der Waals surface area contributed by atoms with Crippen molar-refractivity contribution in [2.45, 2.75) is 59.4 Å². The Kier molecular flexibility index (Phi) is 6.60. The second kappa shape index (κ2) is 6.86. The summed E-state index contributed by atoms with van der Waals surface area (Å²) >= 11 is 0. The molecule has 0 saturated heterocycles. The van der Waals surface area contributed by atoms with Crippen LogP contribution in [0.1, 0.15) is 41.0 Å². The number of carbonyl (C=O) groups is 1. The van der Waals surface area contributed by atoms with Crippen molar-refractivity contribution in [2.24, 2.45) is 5.92 Å². The van der Waals surface area contributed by atoms with Crippen LogP contribution in [0.15, 0.2) is 0 Å². The van der Waals surface area contributed by atoms with Crippen LogP contribution in [-0.2, 0) is 4.79 Å². The smallest absolute Gasteiger partial charge is 0.226 e. The Morgan fingerprint density at radius 1 is 1.25 bits per heavy atom. The average molecular weight is 230 g/mol. The van der Waals surface area contributed by atoms with Crippen LogP contribution in [-0.4, -0.2) is 41.3 Å². The zero-order valence-electron chi connectivity index (χ0n) is 11.3. The Morgan fingerprint density at radius 2 is 1.69 bits per heavy atom. The quantitative estimate of drug-likeness (QED) is 0.674. The van der Waals surface area contributed by atoms with E-state index in [2.05, 4.69) is 5.32 Å². The van der Waals surface area contributed by atoms with Crippen molar-refractivity contribution in [3.05, 3.63) is 0 Å². The molecule has 0 aromatic heterocycles. The molecule has 0 bridgehead atoms. The minimum atomic E-state index is -0.718. The van der Waals surface area contributed by atoms with Crippen molar-refractivity contribution in [2.75, 3.05) is 7.05 Å². The highest BCUT2D eigenvalue weighted by Crippen LogP contribution is 2.18. The molecule has 2 atom stereocenters. The van der Waals surface area contributed by atoms with Crippen molar-refractivity contribution in [1.82, 2.24) is 10.2 Å². The highest BCUT2D eigenvalue weighted by molar-refractivity contribution is 5.78. The molecule has 0 aromatic rings. The predicted molar refractivity (Wildman–Crippen MR) is 66.0 cm³/mol. The molecular weight excluding hydrogens is 204 g/mol. The molecule has 96 valence electrons. The molecule has 0 heterocycles. The summed E-state index contributed by atoms with van der Waals surface area (Å²) < 4.78 is 0. The fourth-order valence-corrected chi connectivity index (χ4v) is 2.13. The highest BCUT2D eigenvalue weighted by Gasteiger charge is 2.32. The topological polar surface area (TPSA) is 52.6 Å². The Hall–Kier alpha value is -0.610. The third-order valence-electron chi connectivity index (χ3n) is 2.88. The Labute approximate surface area is 99.0 Å². The third kappa shape index (κ3) is 3.76. The van der Waals surface area contributed by atoms with Gasteiger partial charge in [-0.25, -0.2) is 0 Å². The molecule has 0 aliphatic heterocycles. The first-order valence-electron chi connectivity index (χ1n) is 6.03. The van der Waals surface area contributed by atoms with Crippen molar-refractivity contribution in [3.8, 4) is 0 Å². The summed E-state index contributed by atoms with van der Waals surface area (Å²) in [5, 5.41) is 12.9. The minimum Gasteiger partial charge on any atom is -0.378 e. The zero-order valence-corrected chi connectivity index (χ0v) is 11.3. The first-order chi connectivity index (χ1) is 7.36. The van der Waals surface area contributed by atoms with Gasteiger partial charge in [-0.1, -0.05) is 6.92 Å². The van der Waals surface area contributed by atoms with Gasteiger partial charge in [0, 0.05) is 19.1 Å². The van der Waals surface area contributed by atoms with Gasteiger partial charge in [-0.05, 0) is 34.1 Å². The van der Waals surface area contributed by atoms with E-state index in [1.165, 1.54) is 0 Å².